The molecule has 0 bridgehead atoms. The molecule has 2 N–H and O–H groups in total. The Labute approximate surface area is 230 Å². The number of ether oxygens (including phenoxy) is 1. The van der Waals surface area contributed by atoms with Gasteiger partial charge < -0.3 is 10.5 Å². The van der Waals surface area contributed by atoms with Gasteiger partial charge in [0, 0.05) is 16.5 Å². The van der Waals surface area contributed by atoms with E-state index in [0.717, 1.165) is 48.0 Å². The molecule has 37 heavy (non-hydrogen) atoms. The number of anilines is 2. The van der Waals surface area contributed by atoms with Crippen molar-refractivity contribution in [2.75, 3.05) is 4.90 Å². The van der Waals surface area contributed by atoms with Crippen molar-refractivity contribution in [1.29, 1.82) is 0 Å². The molecule has 2 aromatic heterocycles. The van der Waals surface area contributed by atoms with E-state index in [0.29, 0.717) is 36.0 Å². The maximum Gasteiger partial charge on any atom is 0.308 e. The van der Waals surface area contributed by atoms with Gasteiger partial charge in [-0.05, 0) is 122 Å². The predicted octanol–water partition coefficient (Wildman–Crippen LogP) is 4.87. The third kappa shape index (κ3) is 5.17. The maximum absolute atomic E-state index is 13.4. The fourth-order valence-corrected chi connectivity index (χ4v) is 5.51. The van der Waals surface area contributed by atoms with Crippen LogP contribution in [-0.2, 0) is 16.6 Å². The van der Waals surface area contributed by atoms with Gasteiger partial charge in [0.25, 0.3) is 5.88 Å². The molecule has 0 spiro atoms. The number of nitrogens with zero attached hydrogens (tertiary/aromatic N) is 4. The van der Waals surface area contributed by atoms with Crippen molar-refractivity contribution < 1.29 is 14.3 Å². The molecule has 2 amide bonds. The van der Waals surface area contributed by atoms with Crippen molar-refractivity contribution in [3.8, 4) is 17.7 Å². The second-order valence-corrected chi connectivity index (χ2v) is 11.1. The molecule has 2 aliphatic carbocycles. The summed E-state index contributed by atoms with van der Waals surface area (Å²) in [6.45, 7) is 3.71. The Morgan fingerprint density at radius 1 is 1.16 bits per heavy atom. The number of rotatable bonds is 6. The van der Waals surface area contributed by atoms with Gasteiger partial charge in [-0.25, -0.2) is 4.98 Å². The number of hydrogen-bond donors (Lipinski definition) is 1. The van der Waals surface area contributed by atoms with Gasteiger partial charge in [-0.2, -0.15) is 0 Å². The lowest BCUT2D eigenvalue weighted by atomic mass is 9.87. The lowest BCUT2D eigenvalue weighted by molar-refractivity contribution is -0.123. The average molecular weight is 611 g/mol. The molecule has 8 nitrogen and oxygen atoms in total. The van der Waals surface area contributed by atoms with Crippen LogP contribution in [-0.4, -0.2) is 32.7 Å². The van der Waals surface area contributed by atoms with Crippen LogP contribution in [0.1, 0.15) is 62.5 Å². The highest BCUT2D eigenvalue weighted by Crippen LogP contribution is 2.47. The third-order valence-electron chi connectivity index (χ3n) is 7.24. The standard InChI is InChI=1S/C28H30IN5O3/c1-4-5-25(35)34(23-14-16(2)21(29)15-20(23)17-6-7-17)24-13-12-22-26(31-24)28(32-33(22)3)37-19-10-8-18(9-11-19)27(30)36/h12-15,17-19H,6-11H2,1-3H3,(H2,30,36)/t18-,19-. The number of amides is 2. The first-order chi connectivity index (χ1) is 17.8. The molecule has 1 aromatic carbocycles. The summed E-state index contributed by atoms with van der Waals surface area (Å²) in [7, 11) is 1.85. The predicted molar refractivity (Wildman–Crippen MR) is 151 cm³/mol. The summed E-state index contributed by atoms with van der Waals surface area (Å²) in [5.41, 5.74) is 9.96. The zero-order valence-electron chi connectivity index (χ0n) is 21.3. The summed E-state index contributed by atoms with van der Waals surface area (Å²) in [6.07, 6.45) is 5.03. The van der Waals surface area contributed by atoms with Crippen LogP contribution in [0.4, 0.5) is 11.5 Å². The van der Waals surface area contributed by atoms with Crippen LogP contribution >= 0.6 is 22.6 Å². The molecule has 5 rings (SSSR count). The molecule has 0 saturated heterocycles. The van der Waals surface area contributed by atoms with E-state index in [1.54, 1.807) is 16.5 Å². The van der Waals surface area contributed by atoms with Crippen LogP contribution in [0.5, 0.6) is 5.88 Å². The fraction of sp³-hybridized carbons (Fsp3) is 0.429. The zero-order chi connectivity index (χ0) is 26.3. The number of halogens is 1. The maximum atomic E-state index is 13.4. The number of aromatic nitrogens is 3. The lowest BCUT2D eigenvalue weighted by Gasteiger charge is -2.26. The van der Waals surface area contributed by atoms with Crippen molar-refractivity contribution in [2.24, 2.45) is 18.7 Å². The number of fused-ring (bicyclic) bond motifs is 1. The van der Waals surface area contributed by atoms with Crippen molar-refractivity contribution in [3.63, 3.8) is 0 Å². The van der Waals surface area contributed by atoms with E-state index in [-0.39, 0.29) is 23.8 Å². The van der Waals surface area contributed by atoms with E-state index in [1.807, 2.05) is 26.1 Å². The minimum Gasteiger partial charge on any atom is -0.472 e. The van der Waals surface area contributed by atoms with Crippen molar-refractivity contribution >= 4 is 56.9 Å². The summed E-state index contributed by atoms with van der Waals surface area (Å²) in [5, 5.41) is 4.58. The molecule has 2 fully saturated rings. The SMILES string of the molecule is CC#CC(=O)N(c1ccc2c(n1)c(O[C@H]1CC[C@H](C(N)=O)CC1)nn2C)c1cc(C)c(I)cc1C1CC1. The first kappa shape index (κ1) is 25.5. The fourth-order valence-electron chi connectivity index (χ4n) is 5.02. The molecule has 0 radical (unpaired) electrons. The molecule has 2 heterocycles. The largest absolute Gasteiger partial charge is 0.472 e. The number of primary amides is 1. The Morgan fingerprint density at radius 3 is 2.54 bits per heavy atom. The van der Waals surface area contributed by atoms with Gasteiger partial charge in [-0.1, -0.05) is 5.92 Å². The van der Waals surface area contributed by atoms with Crippen LogP contribution in [0, 0.1) is 28.3 Å². The quantitative estimate of drug-likeness (QED) is 0.317. The van der Waals surface area contributed by atoms with Gasteiger partial charge in [0.15, 0.2) is 5.52 Å². The molecule has 192 valence electrons. The summed E-state index contributed by atoms with van der Waals surface area (Å²) in [5.74, 6) is 6.15. The number of aryl methyl sites for hydroxylation is 2. The van der Waals surface area contributed by atoms with E-state index < -0.39 is 0 Å². The Bertz CT molecular complexity index is 1440. The first-order valence-electron chi connectivity index (χ1n) is 12.6. The molecule has 9 heteroatoms. The number of pyridine rings is 1. The van der Waals surface area contributed by atoms with E-state index in [2.05, 4.69) is 51.7 Å². The first-order valence-corrected chi connectivity index (χ1v) is 13.7. The molecular weight excluding hydrogens is 581 g/mol. The van der Waals surface area contributed by atoms with Crippen LogP contribution in [0.2, 0.25) is 0 Å². The number of carbonyl (C=O) groups excluding carboxylic acids is 2. The molecule has 0 unspecified atom stereocenters. The number of nitrogens with two attached hydrogens (primary N) is 1. The van der Waals surface area contributed by atoms with Crippen molar-refractivity contribution in [3.05, 3.63) is 39.0 Å². The highest BCUT2D eigenvalue weighted by Gasteiger charge is 2.32. The van der Waals surface area contributed by atoms with Gasteiger partial charge in [0.1, 0.15) is 11.9 Å². The molecule has 2 aliphatic rings. The Kier molecular flexibility index (Phi) is 7.12. The molecule has 3 aromatic rings. The number of benzene rings is 1. The minimum atomic E-state index is -0.326. The number of carbonyl (C=O) groups is 2. The van der Waals surface area contributed by atoms with E-state index in [1.165, 1.54) is 3.57 Å². The topological polar surface area (TPSA) is 103 Å². The second kappa shape index (κ2) is 10.3. The highest BCUT2D eigenvalue weighted by atomic mass is 127. The average Bonchev–Trinajstić information content (AvgIpc) is 3.67. The normalized spacial score (nSPS) is 19.2. The van der Waals surface area contributed by atoms with Gasteiger partial charge in [0.2, 0.25) is 5.91 Å². The summed E-state index contributed by atoms with van der Waals surface area (Å²) < 4.78 is 9.20. The molecule has 0 aliphatic heterocycles. The Hall–Kier alpha value is -3.13. The summed E-state index contributed by atoms with van der Waals surface area (Å²) in [6, 6.07) is 8.00. The van der Waals surface area contributed by atoms with Crippen molar-refractivity contribution in [2.45, 2.75) is 64.4 Å². The zero-order valence-corrected chi connectivity index (χ0v) is 23.4. The van der Waals surface area contributed by atoms with E-state index in [4.69, 9.17) is 15.5 Å². The van der Waals surface area contributed by atoms with Gasteiger partial charge in [0.05, 0.1) is 11.2 Å². The van der Waals surface area contributed by atoms with E-state index in [9.17, 15) is 9.59 Å². The van der Waals surface area contributed by atoms with Crippen molar-refractivity contribution in [1.82, 2.24) is 14.8 Å². The van der Waals surface area contributed by atoms with Crippen LogP contribution < -0.4 is 15.4 Å². The monoisotopic (exact) mass is 611 g/mol. The summed E-state index contributed by atoms with van der Waals surface area (Å²) in [4.78, 5) is 31.5. The Morgan fingerprint density at radius 2 is 1.89 bits per heavy atom. The third-order valence-corrected chi connectivity index (χ3v) is 8.40. The Balaban J connectivity index is 1.55. The highest BCUT2D eigenvalue weighted by molar-refractivity contribution is 14.1. The van der Waals surface area contributed by atoms with Crippen LogP contribution in [0.25, 0.3) is 11.0 Å². The second-order valence-electron chi connectivity index (χ2n) is 9.91. The smallest absolute Gasteiger partial charge is 0.308 e. The molecule has 0 atom stereocenters. The minimum absolute atomic E-state index is 0.0665. The molecule has 2 saturated carbocycles. The van der Waals surface area contributed by atoms with Crippen LogP contribution in [0.15, 0.2) is 24.3 Å². The van der Waals surface area contributed by atoms with Crippen LogP contribution in [0.3, 0.4) is 0 Å². The van der Waals surface area contributed by atoms with Gasteiger partial charge in [-0.15, -0.1) is 5.10 Å². The van der Waals surface area contributed by atoms with E-state index >= 15 is 0 Å². The summed E-state index contributed by atoms with van der Waals surface area (Å²) >= 11 is 2.35. The van der Waals surface area contributed by atoms with Gasteiger partial charge >= 0.3 is 5.91 Å². The molecular formula is C28H30IN5O3. The van der Waals surface area contributed by atoms with Gasteiger partial charge in [-0.3, -0.25) is 19.2 Å². The lowest BCUT2D eigenvalue weighted by Crippen LogP contribution is -2.31. The number of hydrogen-bond acceptors (Lipinski definition) is 5.